The van der Waals surface area contributed by atoms with Crippen molar-refractivity contribution in [2.75, 3.05) is 43.9 Å². The number of nitrogens with one attached hydrogen (secondary N) is 2. The second kappa shape index (κ2) is 10.3. The molecule has 3 heterocycles. The average molecular weight is 465 g/mol. The van der Waals surface area contributed by atoms with Gasteiger partial charge in [-0.15, -0.1) is 0 Å². The molecule has 4 N–H and O–H groups in total. The van der Waals surface area contributed by atoms with Crippen LogP contribution in [-0.4, -0.2) is 72.3 Å². The van der Waals surface area contributed by atoms with E-state index in [2.05, 4.69) is 40.1 Å². The fourth-order valence-corrected chi connectivity index (χ4v) is 4.82. The molecule has 2 fully saturated rings. The number of hydrogen-bond acceptors (Lipinski definition) is 7. The van der Waals surface area contributed by atoms with Crippen molar-refractivity contribution in [1.29, 1.82) is 0 Å². The first kappa shape index (κ1) is 23.8. The summed E-state index contributed by atoms with van der Waals surface area (Å²) in [6, 6.07) is 4.68. The van der Waals surface area contributed by atoms with Gasteiger partial charge in [0.15, 0.2) is 0 Å². The summed E-state index contributed by atoms with van der Waals surface area (Å²) < 4.78 is 0. The number of piperazine rings is 1. The Hall–Kier alpha value is -3.33. The summed E-state index contributed by atoms with van der Waals surface area (Å²) in [5, 5.41) is 6.65. The lowest BCUT2D eigenvalue weighted by Gasteiger charge is -2.33. The molecule has 1 saturated heterocycles. The van der Waals surface area contributed by atoms with E-state index < -0.39 is 0 Å². The lowest BCUT2D eigenvalue weighted by atomic mass is 10.2. The first-order valence-electron chi connectivity index (χ1n) is 12.0. The lowest BCUT2D eigenvalue weighted by Crippen LogP contribution is -2.49. The maximum Gasteiger partial charge on any atom is 0.270 e. The van der Waals surface area contributed by atoms with Crippen LogP contribution < -0.4 is 21.3 Å². The van der Waals surface area contributed by atoms with Crippen LogP contribution in [0.4, 0.5) is 11.5 Å². The third kappa shape index (κ3) is 5.09. The third-order valence-electron chi connectivity index (χ3n) is 6.53. The van der Waals surface area contributed by atoms with Crippen LogP contribution in [0.15, 0.2) is 59.3 Å². The third-order valence-corrected chi connectivity index (χ3v) is 6.53. The first-order valence-corrected chi connectivity index (χ1v) is 12.0. The highest BCUT2D eigenvalue weighted by Gasteiger charge is 2.37. The SMILES string of the molecule is C=C(/N=C1\C(=C/N)C=C(C(=O)N(C)C)N1C1CCCC1)Nc1ccc(N2CCN[C@H](C)C2)cn1. The summed E-state index contributed by atoms with van der Waals surface area (Å²) in [6.45, 7) is 9.18. The number of carbonyl (C=O) groups is 1. The molecular weight excluding hydrogens is 428 g/mol. The van der Waals surface area contributed by atoms with Gasteiger partial charge in [0.1, 0.15) is 23.2 Å². The van der Waals surface area contributed by atoms with E-state index in [4.69, 9.17) is 10.7 Å². The van der Waals surface area contributed by atoms with Gasteiger partial charge >= 0.3 is 0 Å². The Balaban J connectivity index is 1.52. The molecule has 1 saturated carbocycles. The fourth-order valence-electron chi connectivity index (χ4n) is 4.82. The number of hydrogen-bond donors (Lipinski definition) is 3. The number of rotatable bonds is 6. The van der Waals surface area contributed by atoms with Crippen LogP contribution in [0.25, 0.3) is 0 Å². The number of aromatic nitrogens is 1. The summed E-state index contributed by atoms with van der Waals surface area (Å²) in [5.74, 6) is 1.71. The fraction of sp³-hybridized carbons (Fsp3) is 0.480. The number of amides is 1. The molecule has 1 amide bonds. The molecule has 34 heavy (non-hydrogen) atoms. The van der Waals surface area contributed by atoms with E-state index >= 15 is 0 Å². The molecule has 182 valence electrons. The Kier molecular flexibility index (Phi) is 7.21. The van der Waals surface area contributed by atoms with E-state index in [1.807, 2.05) is 23.2 Å². The van der Waals surface area contributed by atoms with Crippen molar-refractivity contribution >= 4 is 23.2 Å². The normalized spacial score (nSPS) is 23.5. The molecule has 1 aliphatic carbocycles. The van der Waals surface area contributed by atoms with Gasteiger partial charge in [-0.1, -0.05) is 19.4 Å². The van der Waals surface area contributed by atoms with E-state index in [9.17, 15) is 4.79 Å². The Bertz CT molecular complexity index is 1000. The smallest absolute Gasteiger partial charge is 0.270 e. The molecule has 0 radical (unpaired) electrons. The molecule has 4 rings (SSSR count). The summed E-state index contributed by atoms with van der Waals surface area (Å²) in [6.07, 6.45) is 9.52. The minimum absolute atomic E-state index is 0.0606. The Morgan fingerprint density at radius 2 is 2.12 bits per heavy atom. The molecule has 0 aromatic carbocycles. The van der Waals surface area contributed by atoms with Gasteiger partial charge in [0.2, 0.25) is 0 Å². The van der Waals surface area contributed by atoms with Gasteiger partial charge in [-0.25, -0.2) is 9.98 Å². The van der Waals surface area contributed by atoms with Crippen molar-refractivity contribution in [1.82, 2.24) is 20.1 Å². The number of nitrogens with two attached hydrogens (primary N) is 1. The molecular formula is C25H36N8O. The molecule has 0 bridgehead atoms. The van der Waals surface area contributed by atoms with Gasteiger partial charge in [0, 0.05) is 57.6 Å². The van der Waals surface area contributed by atoms with Gasteiger partial charge in [0.25, 0.3) is 5.91 Å². The molecule has 9 nitrogen and oxygen atoms in total. The summed E-state index contributed by atoms with van der Waals surface area (Å²) in [7, 11) is 3.52. The zero-order valence-electron chi connectivity index (χ0n) is 20.4. The van der Waals surface area contributed by atoms with Crippen LogP contribution >= 0.6 is 0 Å². The molecule has 0 unspecified atom stereocenters. The van der Waals surface area contributed by atoms with E-state index in [0.29, 0.717) is 29.2 Å². The van der Waals surface area contributed by atoms with Crippen molar-refractivity contribution in [2.24, 2.45) is 10.7 Å². The Morgan fingerprint density at radius 1 is 1.35 bits per heavy atom. The minimum Gasteiger partial charge on any atom is -0.404 e. The van der Waals surface area contributed by atoms with Crippen LogP contribution in [0.5, 0.6) is 0 Å². The summed E-state index contributed by atoms with van der Waals surface area (Å²) in [5.41, 5.74) is 8.36. The van der Waals surface area contributed by atoms with Crippen molar-refractivity contribution in [2.45, 2.75) is 44.7 Å². The van der Waals surface area contributed by atoms with Gasteiger partial charge < -0.3 is 31.1 Å². The van der Waals surface area contributed by atoms with Crippen molar-refractivity contribution in [3.05, 3.63) is 54.3 Å². The number of nitrogens with zero attached hydrogens (tertiary/aromatic N) is 5. The molecule has 1 aromatic rings. The van der Waals surface area contributed by atoms with Gasteiger partial charge in [-0.3, -0.25) is 4.79 Å². The minimum atomic E-state index is -0.0606. The molecule has 0 spiro atoms. The summed E-state index contributed by atoms with van der Waals surface area (Å²) >= 11 is 0. The van der Waals surface area contributed by atoms with Gasteiger partial charge in [0.05, 0.1) is 11.9 Å². The van der Waals surface area contributed by atoms with E-state index in [1.54, 1.807) is 19.0 Å². The molecule has 2 aliphatic heterocycles. The monoisotopic (exact) mass is 464 g/mol. The average Bonchev–Trinajstić information content (AvgIpc) is 3.46. The van der Waals surface area contributed by atoms with Crippen LogP contribution in [0.1, 0.15) is 32.6 Å². The number of pyridine rings is 1. The van der Waals surface area contributed by atoms with Crippen molar-refractivity contribution in [3.8, 4) is 0 Å². The largest absolute Gasteiger partial charge is 0.404 e. The standard InChI is InChI=1S/C25H36N8O/c1-17-16-32(12-11-27-17)21-9-10-23(28-15-21)29-18(2)30-24-19(14-26)13-22(25(34)31(3)4)33(24)20-7-5-6-8-20/h9-10,13-15,17,20,27H,2,5-8,11-12,16,26H2,1,3-4H3,(H,28,29)/b19-14-,30-24+/t17-/m1/s1. The number of likely N-dealkylation sites (N-methyl/N-ethyl adjacent to an activating group) is 1. The molecule has 1 atom stereocenters. The van der Waals surface area contributed by atoms with Crippen LogP contribution in [0.2, 0.25) is 0 Å². The number of aliphatic imine (C=N–C) groups is 1. The Labute approximate surface area is 202 Å². The molecule has 9 heteroatoms. The number of anilines is 2. The second-order valence-corrected chi connectivity index (χ2v) is 9.37. The number of amidine groups is 1. The lowest BCUT2D eigenvalue weighted by molar-refractivity contribution is -0.126. The quantitative estimate of drug-likeness (QED) is 0.593. The zero-order valence-corrected chi connectivity index (χ0v) is 20.4. The number of carbonyl (C=O) groups excluding carboxylic acids is 1. The highest BCUT2D eigenvalue weighted by atomic mass is 16.2. The van der Waals surface area contributed by atoms with Crippen LogP contribution in [0, 0.1) is 0 Å². The first-order chi connectivity index (χ1) is 16.4. The topological polar surface area (TPSA) is 102 Å². The van der Waals surface area contributed by atoms with E-state index in [1.165, 1.54) is 6.20 Å². The summed E-state index contributed by atoms with van der Waals surface area (Å²) in [4.78, 5) is 28.2. The second-order valence-electron chi connectivity index (χ2n) is 9.37. The maximum absolute atomic E-state index is 12.9. The highest BCUT2D eigenvalue weighted by Crippen LogP contribution is 2.34. The van der Waals surface area contributed by atoms with Crippen molar-refractivity contribution in [3.63, 3.8) is 0 Å². The molecule has 3 aliphatic rings. The van der Waals surface area contributed by atoms with E-state index in [0.717, 1.165) is 56.6 Å². The maximum atomic E-state index is 12.9. The predicted molar refractivity (Wildman–Crippen MR) is 137 cm³/mol. The van der Waals surface area contributed by atoms with Gasteiger partial charge in [-0.05, 0) is 38.0 Å². The van der Waals surface area contributed by atoms with E-state index in [-0.39, 0.29) is 11.9 Å². The highest BCUT2D eigenvalue weighted by molar-refractivity contribution is 6.12. The zero-order chi connectivity index (χ0) is 24.2. The van der Waals surface area contributed by atoms with Crippen molar-refractivity contribution < 1.29 is 4.79 Å². The van der Waals surface area contributed by atoms with Gasteiger partial charge in [-0.2, -0.15) is 0 Å². The Morgan fingerprint density at radius 3 is 2.74 bits per heavy atom. The van der Waals surface area contributed by atoms with Crippen LogP contribution in [-0.2, 0) is 4.79 Å². The predicted octanol–water partition coefficient (Wildman–Crippen LogP) is 2.23. The van der Waals surface area contributed by atoms with Crippen LogP contribution in [0.3, 0.4) is 0 Å². The molecule has 1 aromatic heterocycles.